The molecule has 5 nitrogen and oxygen atoms in total. The summed E-state index contributed by atoms with van der Waals surface area (Å²) in [6, 6.07) is 15.8. The molecule has 1 saturated carbocycles. The number of hydrogen-bond donors (Lipinski definition) is 3. The fourth-order valence-corrected chi connectivity index (χ4v) is 3.53. The first-order valence-electron chi connectivity index (χ1n) is 10.4. The Morgan fingerprint density at radius 3 is 2.33 bits per heavy atom. The molecule has 0 aromatic heterocycles. The Bertz CT molecular complexity index is 847. The third-order valence-corrected chi connectivity index (χ3v) is 5.49. The molecule has 1 aliphatic rings. The lowest BCUT2D eigenvalue weighted by Crippen LogP contribution is -2.18. The molecule has 2 aromatic carbocycles. The maximum absolute atomic E-state index is 10.8. The number of aryl methyl sites for hydroxylation is 2. The van der Waals surface area contributed by atoms with E-state index in [0.717, 1.165) is 49.5 Å². The average molecular weight is 413 g/mol. The van der Waals surface area contributed by atoms with E-state index in [2.05, 4.69) is 12.1 Å². The summed E-state index contributed by atoms with van der Waals surface area (Å²) in [5, 5.41) is 27.2. The molecule has 1 fully saturated rings. The minimum Gasteiger partial charge on any atom is -0.481 e. The Kier molecular flexibility index (Phi) is 8.33. The number of aliphatic carboxylic acids is 1. The lowest BCUT2D eigenvalue weighted by molar-refractivity contribution is -0.138. The second-order valence-electron chi connectivity index (χ2n) is 8.66. The van der Waals surface area contributed by atoms with E-state index in [-0.39, 0.29) is 18.4 Å². The molecule has 0 heterocycles. The Labute approximate surface area is 178 Å². The van der Waals surface area contributed by atoms with Crippen LogP contribution in [-0.4, -0.2) is 34.2 Å². The molecule has 0 saturated heterocycles. The number of aliphatic hydroxyl groups is 2. The number of carbonyl (C=O) groups is 2. The van der Waals surface area contributed by atoms with Gasteiger partial charge in [-0.25, -0.2) is 0 Å². The van der Waals surface area contributed by atoms with Crippen molar-refractivity contribution in [2.45, 2.75) is 58.0 Å². The van der Waals surface area contributed by atoms with Crippen LogP contribution in [0.15, 0.2) is 48.5 Å². The van der Waals surface area contributed by atoms with Crippen LogP contribution in [0.25, 0.3) is 0 Å². The Balaban J connectivity index is 0.000000297. The normalized spacial score (nSPS) is 14.4. The quantitative estimate of drug-likeness (QED) is 0.538. The van der Waals surface area contributed by atoms with Crippen LogP contribution >= 0.6 is 0 Å². The van der Waals surface area contributed by atoms with Gasteiger partial charge in [0.05, 0.1) is 12.0 Å². The molecular weight excluding hydrogens is 380 g/mol. The van der Waals surface area contributed by atoms with Crippen molar-refractivity contribution >= 4 is 12.3 Å². The molecule has 30 heavy (non-hydrogen) atoms. The predicted molar refractivity (Wildman–Crippen MR) is 117 cm³/mol. The molecule has 162 valence electrons. The molecule has 0 atom stereocenters. The lowest BCUT2D eigenvalue weighted by atomic mass is 9.90. The maximum Gasteiger partial charge on any atom is 0.303 e. The third-order valence-electron chi connectivity index (χ3n) is 5.49. The van der Waals surface area contributed by atoms with Crippen molar-refractivity contribution in [3.05, 3.63) is 70.8 Å². The summed E-state index contributed by atoms with van der Waals surface area (Å²) in [5.74, 6) is -0.804. The first-order valence-corrected chi connectivity index (χ1v) is 10.4. The zero-order valence-corrected chi connectivity index (χ0v) is 17.8. The Morgan fingerprint density at radius 1 is 1.10 bits per heavy atom. The topological polar surface area (TPSA) is 94.8 Å². The number of hydrogen-bond acceptors (Lipinski definition) is 4. The second-order valence-corrected chi connectivity index (χ2v) is 8.66. The lowest BCUT2D eigenvalue weighted by Gasteiger charge is -2.21. The molecule has 0 unspecified atom stereocenters. The molecule has 0 bridgehead atoms. The van der Waals surface area contributed by atoms with Gasteiger partial charge >= 0.3 is 5.97 Å². The fourth-order valence-electron chi connectivity index (χ4n) is 3.53. The number of rotatable bonds is 9. The molecule has 0 radical (unpaired) electrons. The van der Waals surface area contributed by atoms with E-state index >= 15 is 0 Å². The van der Waals surface area contributed by atoms with Gasteiger partial charge in [-0.1, -0.05) is 42.5 Å². The van der Waals surface area contributed by atoms with Crippen molar-refractivity contribution in [2.24, 2.45) is 5.41 Å². The highest BCUT2D eigenvalue weighted by molar-refractivity contribution is 5.74. The number of aliphatic hydroxyl groups excluding tert-OH is 1. The first kappa shape index (κ1) is 23.8. The number of aldehydes is 1. The van der Waals surface area contributed by atoms with Crippen LogP contribution in [0.1, 0.15) is 66.6 Å². The summed E-state index contributed by atoms with van der Waals surface area (Å²) in [6.07, 6.45) is 5.60. The van der Waals surface area contributed by atoms with Crippen LogP contribution in [0.5, 0.6) is 0 Å². The predicted octanol–water partition coefficient (Wildman–Crippen LogP) is 4.14. The summed E-state index contributed by atoms with van der Waals surface area (Å²) < 4.78 is 0. The Hall–Kier alpha value is -2.50. The van der Waals surface area contributed by atoms with Crippen LogP contribution in [0.2, 0.25) is 0 Å². The summed E-state index contributed by atoms with van der Waals surface area (Å²) in [7, 11) is 0. The van der Waals surface area contributed by atoms with Crippen molar-refractivity contribution < 1.29 is 24.9 Å². The zero-order valence-electron chi connectivity index (χ0n) is 17.8. The summed E-state index contributed by atoms with van der Waals surface area (Å²) in [6.45, 7) is 3.66. The standard InChI is InChI=1S/C19H22O2.C6H10O3/c1-19(2,21)18-12-4-3-10-17(18)11-6-8-15-7-5-9-16(13-15)14-20;7-4-6(1-2-6)3-5(8)9/h3-5,7,9-10,12-14,21H,6,8,11H2,1-2H3;7H,1-4H2,(H,8,9). The van der Waals surface area contributed by atoms with E-state index in [9.17, 15) is 14.7 Å². The van der Waals surface area contributed by atoms with E-state index < -0.39 is 11.6 Å². The van der Waals surface area contributed by atoms with E-state index in [1.165, 1.54) is 11.1 Å². The summed E-state index contributed by atoms with van der Waals surface area (Å²) in [4.78, 5) is 20.9. The van der Waals surface area contributed by atoms with Gasteiger partial charge in [0.25, 0.3) is 0 Å². The van der Waals surface area contributed by atoms with Crippen LogP contribution in [0.4, 0.5) is 0 Å². The summed E-state index contributed by atoms with van der Waals surface area (Å²) >= 11 is 0. The smallest absolute Gasteiger partial charge is 0.303 e. The highest BCUT2D eigenvalue weighted by atomic mass is 16.4. The molecular formula is C25H32O5. The zero-order chi connectivity index (χ0) is 22.2. The van der Waals surface area contributed by atoms with Gasteiger partial charge in [-0.15, -0.1) is 0 Å². The van der Waals surface area contributed by atoms with Crippen molar-refractivity contribution in [1.82, 2.24) is 0 Å². The minimum absolute atomic E-state index is 0.0271. The first-order chi connectivity index (χ1) is 14.2. The van der Waals surface area contributed by atoms with Crippen LogP contribution in [0.3, 0.4) is 0 Å². The molecule has 3 rings (SSSR count). The van der Waals surface area contributed by atoms with Gasteiger partial charge in [-0.3, -0.25) is 9.59 Å². The van der Waals surface area contributed by atoms with Gasteiger partial charge in [0.1, 0.15) is 6.29 Å². The third kappa shape index (κ3) is 7.39. The second kappa shape index (κ2) is 10.5. The molecule has 1 aliphatic carbocycles. The van der Waals surface area contributed by atoms with Crippen molar-refractivity contribution in [2.75, 3.05) is 6.61 Å². The van der Waals surface area contributed by atoms with Crippen molar-refractivity contribution in [3.8, 4) is 0 Å². The van der Waals surface area contributed by atoms with E-state index in [4.69, 9.17) is 10.2 Å². The largest absolute Gasteiger partial charge is 0.481 e. The number of carboxylic acids is 1. The minimum atomic E-state index is -0.811. The van der Waals surface area contributed by atoms with Gasteiger partial charge in [0.15, 0.2) is 0 Å². The molecule has 5 heteroatoms. The van der Waals surface area contributed by atoms with Gasteiger partial charge in [-0.2, -0.15) is 0 Å². The molecule has 0 amide bonds. The van der Waals surface area contributed by atoms with Crippen LogP contribution in [-0.2, 0) is 23.2 Å². The van der Waals surface area contributed by atoms with Gasteiger partial charge < -0.3 is 15.3 Å². The van der Waals surface area contributed by atoms with E-state index in [1.807, 2.05) is 50.2 Å². The molecule has 0 spiro atoms. The number of carboxylic acid groups (broad SMARTS) is 1. The monoisotopic (exact) mass is 412 g/mol. The molecule has 3 N–H and O–H groups in total. The van der Waals surface area contributed by atoms with Crippen LogP contribution < -0.4 is 0 Å². The SMILES string of the molecule is CC(C)(O)c1ccccc1CCCc1cccc(C=O)c1.O=C(O)CC1(CO)CC1. The van der Waals surface area contributed by atoms with Crippen molar-refractivity contribution in [1.29, 1.82) is 0 Å². The summed E-state index contributed by atoms with van der Waals surface area (Å²) in [5.41, 5.74) is 3.05. The highest BCUT2D eigenvalue weighted by Crippen LogP contribution is 2.48. The number of carbonyl (C=O) groups excluding carboxylic acids is 1. The number of benzene rings is 2. The van der Waals surface area contributed by atoms with Crippen LogP contribution in [0, 0.1) is 5.41 Å². The molecule has 2 aromatic rings. The van der Waals surface area contributed by atoms with E-state index in [1.54, 1.807) is 0 Å². The molecule has 0 aliphatic heterocycles. The van der Waals surface area contributed by atoms with Gasteiger partial charge in [0, 0.05) is 17.6 Å². The van der Waals surface area contributed by atoms with Gasteiger partial charge in [-0.05, 0) is 68.7 Å². The van der Waals surface area contributed by atoms with Gasteiger partial charge in [0.2, 0.25) is 0 Å². The fraction of sp³-hybridized carbons (Fsp3) is 0.440. The maximum atomic E-state index is 10.8. The average Bonchev–Trinajstić information content (AvgIpc) is 3.47. The Morgan fingerprint density at radius 2 is 1.80 bits per heavy atom. The van der Waals surface area contributed by atoms with Crippen molar-refractivity contribution in [3.63, 3.8) is 0 Å². The highest BCUT2D eigenvalue weighted by Gasteiger charge is 2.43. The van der Waals surface area contributed by atoms with E-state index in [0.29, 0.717) is 0 Å².